The molecule has 1 fully saturated rings. The summed E-state index contributed by atoms with van der Waals surface area (Å²) in [6, 6.07) is 21.2. The standard InChI is InChI=1S/C20H22O/c1-2-17-15-19(14-13-16-9-5-3-6-10-16)21-20(17)18-11-7-4-8-12-18/h2-12,17,19-20H,1,13-15H2/t17-,19+,20+/m0/s1. The molecule has 108 valence electrons. The fourth-order valence-electron chi connectivity index (χ4n) is 3.14. The van der Waals surface area contributed by atoms with Crippen molar-refractivity contribution in [1.29, 1.82) is 0 Å². The lowest BCUT2D eigenvalue weighted by atomic mass is 9.93. The van der Waals surface area contributed by atoms with Crippen molar-refractivity contribution >= 4 is 0 Å². The Kier molecular flexibility index (Phi) is 4.52. The van der Waals surface area contributed by atoms with Gasteiger partial charge in [-0.3, -0.25) is 0 Å². The molecule has 1 aliphatic heterocycles. The molecule has 3 atom stereocenters. The van der Waals surface area contributed by atoms with Crippen LogP contribution in [0.25, 0.3) is 0 Å². The molecule has 0 aromatic heterocycles. The number of ether oxygens (including phenoxy) is 1. The fraction of sp³-hybridized carbons (Fsp3) is 0.300. The summed E-state index contributed by atoms with van der Waals surface area (Å²) < 4.78 is 6.30. The minimum absolute atomic E-state index is 0.171. The highest BCUT2D eigenvalue weighted by Crippen LogP contribution is 2.40. The molecule has 2 aromatic carbocycles. The van der Waals surface area contributed by atoms with Crippen molar-refractivity contribution in [2.75, 3.05) is 0 Å². The minimum atomic E-state index is 0.171. The van der Waals surface area contributed by atoms with Crippen LogP contribution < -0.4 is 0 Å². The van der Waals surface area contributed by atoms with Crippen LogP contribution in [-0.4, -0.2) is 6.10 Å². The predicted octanol–water partition coefficient (Wildman–Crippen LogP) is 4.95. The lowest BCUT2D eigenvalue weighted by Crippen LogP contribution is -2.08. The SMILES string of the molecule is C=C[C@H]1C[C@@H](CCc2ccccc2)O[C@H]1c1ccccc1. The van der Waals surface area contributed by atoms with Gasteiger partial charge in [-0.25, -0.2) is 0 Å². The first-order valence-corrected chi connectivity index (χ1v) is 7.73. The molecule has 0 unspecified atom stereocenters. The van der Waals surface area contributed by atoms with Gasteiger partial charge in [-0.15, -0.1) is 6.58 Å². The number of hydrogen-bond donors (Lipinski definition) is 0. The Balaban J connectivity index is 1.63. The van der Waals surface area contributed by atoms with Gasteiger partial charge in [-0.05, 0) is 30.4 Å². The summed E-state index contributed by atoms with van der Waals surface area (Å²) in [5, 5.41) is 0. The summed E-state index contributed by atoms with van der Waals surface area (Å²) in [4.78, 5) is 0. The molecule has 3 rings (SSSR count). The topological polar surface area (TPSA) is 9.23 Å². The Morgan fingerprint density at radius 2 is 1.67 bits per heavy atom. The first kappa shape index (κ1) is 14.1. The molecule has 1 aliphatic rings. The second-order valence-electron chi connectivity index (χ2n) is 5.75. The van der Waals surface area contributed by atoms with Gasteiger partial charge in [0.05, 0.1) is 12.2 Å². The molecule has 1 heteroatoms. The lowest BCUT2D eigenvalue weighted by Gasteiger charge is -2.16. The van der Waals surface area contributed by atoms with E-state index in [-0.39, 0.29) is 6.10 Å². The van der Waals surface area contributed by atoms with E-state index < -0.39 is 0 Å². The highest BCUT2D eigenvalue weighted by atomic mass is 16.5. The van der Waals surface area contributed by atoms with Crippen LogP contribution in [0.4, 0.5) is 0 Å². The van der Waals surface area contributed by atoms with E-state index >= 15 is 0 Å². The first-order chi connectivity index (χ1) is 10.4. The molecule has 0 amide bonds. The molecule has 0 saturated carbocycles. The summed E-state index contributed by atoms with van der Waals surface area (Å²) >= 11 is 0. The lowest BCUT2D eigenvalue weighted by molar-refractivity contribution is 0.0340. The van der Waals surface area contributed by atoms with Gasteiger partial charge in [0, 0.05) is 5.92 Å². The smallest absolute Gasteiger partial charge is 0.0892 e. The van der Waals surface area contributed by atoms with E-state index in [1.54, 1.807) is 0 Å². The van der Waals surface area contributed by atoms with E-state index in [4.69, 9.17) is 4.74 Å². The van der Waals surface area contributed by atoms with Crippen molar-refractivity contribution in [1.82, 2.24) is 0 Å². The van der Waals surface area contributed by atoms with Crippen LogP contribution >= 0.6 is 0 Å². The van der Waals surface area contributed by atoms with Crippen LogP contribution in [0.5, 0.6) is 0 Å². The maximum atomic E-state index is 6.30. The van der Waals surface area contributed by atoms with E-state index in [1.807, 2.05) is 6.07 Å². The Labute approximate surface area is 127 Å². The summed E-state index contributed by atoms with van der Waals surface area (Å²) in [7, 11) is 0. The van der Waals surface area contributed by atoms with Crippen LogP contribution in [0.1, 0.15) is 30.1 Å². The Hall–Kier alpha value is -1.86. The third kappa shape index (κ3) is 3.43. The zero-order valence-corrected chi connectivity index (χ0v) is 12.3. The zero-order valence-electron chi connectivity index (χ0n) is 12.3. The third-order valence-corrected chi connectivity index (χ3v) is 4.29. The number of benzene rings is 2. The van der Waals surface area contributed by atoms with Crippen molar-refractivity contribution < 1.29 is 4.74 Å². The van der Waals surface area contributed by atoms with Gasteiger partial charge in [-0.2, -0.15) is 0 Å². The maximum Gasteiger partial charge on any atom is 0.0892 e. The molecule has 0 N–H and O–H groups in total. The zero-order chi connectivity index (χ0) is 14.5. The average Bonchev–Trinajstić information content (AvgIpc) is 2.98. The molecule has 21 heavy (non-hydrogen) atoms. The summed E-state index contributed by atoms with van der Waals surface area (Å²) in [5.74, 6) is 0.424. The van der Waals surface area contributed by atoms with Gasteiger partial charge in [0.25, 0.3) is 0 Å². The van der Waals surface area contributed by atoms with Crippen molar-refractivity contribution in [2.24, 2.45) is 5.92 Å². The molecule has 1 nitrogen and oxygen atoms in total. The van der Waals surface area contributed by atoms with Gasteiger partial charge in [0.15, 0.2) is 0 Å². The van der Waals surface area contributed by atoms with Crippen LogP contribution in [-0.2, 0) is 11.2 Å². The first-order valence-electron chi connectivity index (χ1n) is 7.73. The van der Waals surface area contributed by atoms with Crippen LogP contribution in [0.15, 0.2) is 73.3 Å². The van der Waals surface area contributed by atoms with Crippen LogP contribution in [0.3, 0.4) is 0 Å². The monoisotopic (exact) mass is 278 g/mol. The second-order valence-corrected chi connectivity index (χ2v) is 5.75. The fourth-order valence-corrected chi connectivity index (χ4v) is 3.14. The van der Waals surface area contributed by atoms with Gasteiger partial charge in [0.2, 0.25) is 0 Å². The summed E-state index contributed by atoms with van der Waals surface area (Å²) in [6.45, 7) is 3.99. The molecule has 2 aromatic rings. The van der Waals surface area contributed by atoms with Crippen molar-refractivity contribution in [3.05, 3.63) is 84.4 Å². The van der Waals surface area contributed by atoms with Crippen molar-refractivity contribution in [3.63, 3.8) is 0 Å². The Morgan fingerprint density at radius 1 is 1.00 bits per heavy atom. The van der Waals surface area contributed by atoms with Crippen LogP contribution in [0.2, 0.25) is 0 Å². The minimum Gasteiger partial charge on any atom is -0.370 e. The molecule has 0 bridgehead atoms. The third-order valence-electron chi connectivity index (χ3n) is 4.29. The Bertz CT molecular complexity index is 561. The molecular formula is C20H22O. The van der Waals surface area contributed by atoms with Gasteiger partial charge >= 0.3 is 0 Å². The Morgan fingerprint density at radius 3 is 2.33 bits per heavy atom. The van der Waals surface area contributed by atoms with Gasteiger partial charge < -0.3 is 4.74 Å². The van der Waals surface area contributed by atoms with Crippen molar-refractivity contribution in [3.8, 4) is 0 Å². The highest BCUT2D eigenvalue weighted by molar-refractivity contribution is 5.21. The second kappa shape index (κ2) is 6.73. The summed E-state index contributed by atoms with van der Waals surface area (Å²) in [6.07, 6.45) is 5.80. The largest absolute Gasteiger partial charge is 0.370 e. The molecule has 1 saturated heterocycles. The molecule has 0 aliphatic carbocycles. The van der Waals surface area contributed by atoms with E-state index in [9.17, 15) is 0 Å². The van der Waals surface area contributed by atoms with Crippen LogP contribution in [0, 0.1) is 5.92 Å². The molecule has 0 radical (unpaired) electrons. The number of aryl methyl sites for hydroxylation is 1. The predicted molar refractivity (Wildman–Crippen MR) is 87.1 cm³/mol. The quantitative estimate of drug-likeness (QED) is 0.703. The molecule has 0 spiro atoms. The maximum absolute atomic E-state index is 6.30. The van der Waals surface area contributed by atoms with Gasteiger partial charge in [0.1, 0.15) is 0 Å². The van der Waals surface area contributed by atoms with Gasteiger partial charge in [-0.1, -0.05) is 66.7 Å². The molecular weight excluding hydrogens is 256 g/mol. The summed E-state index contributed by atoms with van der Waals surface area (Å²) in [5.41, 5.74) is 2.66. The van der Waals surface area contributed by atoms with E-state index in [2.05, 4.69) is 67.3 Å². The number of hydrogen-bond acceptors (Lipinski definition) is 1. The normalized spacial score (nSPS) is 24.9. The highest BCUT2D eigenvalue weighted by Gasteiger charge is 2.33. The van der Waals surface area contributed by atoms with Crippen molar-refractivity contribution in [2.45, 2.75) is 31.5 Å². The number of rotatable bonds is 5. The van der Waals surface area contributed by atoms with E-state index in [1.165, 1.54) is 11.1 Å². The molecule has 1 heterocycles. The van der Waals surface area contributed by atoms with E-state index in [0.717, 1.165) is 19.3 Å². The average molecular weight is 278 g/mol. The van der Waals surface area contributed by atoms with E-state index in [0.29, 0.717) is 12.0 Å².